The molecule has 0 nitrogen and oxygen atoms in total. The molecule has 12 aliphatic rings. The Kier molecular flexibility index (Phi) is 1.07. The Balaban J connectivity index is 0.978. The van der Waals surface area contributed by atoms with Crippen molar-refractivity contribution in [1.29, 1.82) is 0 Å². The second kappa shape index (κ2) is 2.31. The fraction of sp³-hybridized carbons (Fsp3) is 0.826. The summed E-state index contributed by atoms with van der Waals surface area (Å²) in [6.07, 6.45) is 0. The van der Waals surface area contributed by atoms with Gasteiger partial charge in [-0.25, -0.2) is 0 Å². The zero-order chi connectivity index (χ0) is 15.3. The molecule has 0 bridgehead atoms. The van der Waals surface area contributed by atoms with Gasteiger partial charge in [0, 0.05) is 10.8 Å². The van der Waals surface area contributed by atoms with E-state index in [1.165, 1.54) is 5.92 Å². The van der Waals surface area contributed by atoms with Gasteiger partial charge in [-0.3, -0.25) is 0 Å². The third-order valence-electron chi connectivity index (χ3n) is 13.0. The maximum Gasteiger partial charge on any atom is 0.0517 e. The molecule has 0 heterocycles. The fourth-order valence-electron chi connectivity index (χ4n) is 13.2. The molecule has 0 saturated heterocycles. The Morgan fingerprint density at radius 2 is 0.958 bits per heavy atom. The van der Waals surface area contributed by atoms with E-state index in [1.807, 2.05) is 0 Å². The van der Waals surface area contributed by atoms with E-state index in [9.17, 15) is 0 Å². The summed E-state index contributed by atoms with van der Waals surface area (Å²) in [6, 6.07) is 0. The zero-order valence-electron chi connectivity index (χ0n) is 14.5. The van der Waals surface area contributed by atoms with Crippen LogP contribution in [-0.2, 0) is 0 Å². The molecule has 12 fully saturated rings. The molecule has 0 spiro atoms. The highest BCUT2D eigenvalue weighted by atomic mass is 28.3. The van der Waals surface area contributed by atoms with E-state index in [1.54, 1.807) is 0 Å². The molecule has 12 rings (SSSR count). The molecule has 0 radical (unpaired) electrons. The highest BCUT2D eigenvalue weighted by Gasteiger charge is 3.10. The minimum atomic E-state index is -0.955. The topological polar surface area (TPSA) is 0 Å². The summed E-state index contributed by atoms with van der Waals surface area (Å²) in [5.74, 6) is 28.8. The van der Waals surface area contributed by atoms with Crippen LogP contribution in [0, 0.1) is 111 Å². The second-order valence-corrected chi connectivity index (χ2v) is 18.0. The molecule has 24 heavy (non-hydrogen) atoms. The standard InChI is InChI=1S/C23H22Si/c1-24(2,3)23-18-15-19(23)17-20(23)16(18)22(15,17)7-5-4-6-21-12-9-8-10(12)14(21)11(8)13(9)21/h8-20H,1-3H3. The van der Waals surface area contributed by atoms with Gasteiger partial charge in [0.2, 0.25) is 0 Å². The Bertz CT molecular complexity index is 881. The molecular formula is C23H22Si. The highest BCUT2D eigenvalue weighted by molar-refractivity contribution is 6.80. The predicted molar refractivity (Wildman–Crippen MR) is 91.8 cm³/mol. The number of hydrogen-bond acceptors (Lipinski definition) is 0. The van der Waals surface area contributed by atoms with Gasteiger partial charge in [0.25, 0.3) is 0 Å². The Labute approximate surface area is 144 Å². The lowest BCUT2D eigenvalue weighted by Gasteiger charge is -3.12. The van der Waals surface area contributed by atoms with Gasteiger partial charge in [-0.2, -0.15) is 0 Å². The Hall–Kier alpha value is -0.663. The summed E-state index contributed by atoms with van der Waals surface area (Å²) >= 11 is 0. The monoisotopic (exact) mass is 326 g/mol. The molecule has 118 valence electrons. The number of hydrogen-bond donors (Lipinski definition) is 0. The summed E-state index contributed by atoms with van der Waals surface area (Å²) in [6.45, 7) is 7.93. The van der Waals surface area contributed by atoms with Crippen LogP contribution in [0.15, 0.2) is 0 Å². The van der Waals surface area contributed by atoms with E-state index in [-0.39, 0.29) is 0 Å². The van der Waals surface area contributed by atoms with E-state index in [0.717, 1.165) is 76.1 Å². The van der Waals surface area contributed by atoms with Gasteiger partial charge >= 0.3 is 0 Å². The average Bonchev–Trinajstić information content (AvgIpc) is 2.58. The van der Waals surface area contributed by atoms with Gasteiger partial charge in [0.1, 0.15) is 0 Å². The predicted octanol–water partition coefficient (Wildman–Crippen LogP) is 3.19. The number of rotatable bonds is 1. The average molecular weight is 327 g/mol. The van der Waals surface area contributed by atoms with Gasteiger partial charge in [-0.15, -0.1) is 0 Å². The summed E-state index contributed by atoms with van der Waals surface area (Å²) in [5.41, 5.74) is 1.08. The molecule has 12 aliphatic carbocycles. The van der Waals surface area contributed by atoms with Crippen LogP contribution in [0.3, 0.4) is 0 Å². The first-order valence-corrected chi connectivity index (χ1v) is 14.1. The quantitative estimate of drug-likeness (QED) is 0.513. The van der Waals surface area contributed by atoms with Crippen LogP contribution >= 0.6 is 0 Å². The van der Waals surface area contributed by atoms with Crippen LogP contribution in [0.25, 0.3) is 0 Å². The summed E-state index contributed by atoms with van der Waals surface area (Å²) in [5, 5.41) is 0.914. The van der Waals surface area contributed by atoms with Crippen molar-refractivity contribution < 1.29 is 0 Å². The summed E-state index contributed by atoms with van der Waals surface area (Å²) in [4.78, 5) is 0. The van der Waals surface area contributed by atoms with Crippen LogP contribution in [0.1, 0.15) is 0 Å². The van der Waals surface area contributed by atoms with Gasteiger partial charge < -0.3 is 0 Å². The van der Waals surface area contributed by atoms with E-state index >= 15 is 0 Å². The first kappa shape index (κ1) is 11.1. The smallest absolute Gasteiger partial charge is 0.0517 e. The lowest BCUT2D eigenvalue weighted by atomic mass is 8.96. The molecule has 0 aliphatic heterocycles. The lowest BCUT2D eigenvalue weighted by Crippen LogP contribution is -3.09. The molecular weight excluding hydrogens is 304 g/mol. The Morgan fingerprint density at radius 1 is 0.542 bits per heavy atom. The van der Waals surface area contributed by atoms with Crippen molar-refractivity contribution in [2.45, 2.75) is 24.7 Å². The molecule has 0 atom stereocenters. The molecule has 0 aromatic carbocycles. The molecule has 0 aromatic rings. The maximum atomic E-state index is 3.79. The zero-order valence-corrected chi connectivity index (χ0v) is 15.5. The van der Waals surface area contributed by atoms with Crippen molar-refractivity contribution in [2.75, 3.05) is 0 Å². The molecule has 0 N–H and O–H groups in total. The minimum Gasteiger partial charge on any atom is -0.0813 e. The van der Waals surface area contributed by atoms with Crippen LogP contribution < -0.4 is 0 Å². The third kappa shape index (κ3) is 0.512. The van der Waals surface area contributed by atoms with E-state index < -0.39 is 8.07 Å². The lowest BCUT2D eigenvalue weighted by molar-refractivity contribution is -0.595. The summed E-state index contributed by atoms with van der Waals surface area (Å²) < 4.78 is 0. The molecule has 0 unspecified atom stereocenters. The van der Waals surface area contributed by atoms with Crippen molar-refractivity contribution in [3.05, 3.63) is 0 Å². The summed E-state index contributed by atoms with van der Waals surface area (Å²) in [7, 11) is -0.955. The molecule has 12 saturated carbocycles. The van der Waals surface area contributed by atoms with Crippen LogP contribution in [0.4, 0.5) is 0 Å². The highest BCUT2D eigenvalue weighted by Crippen LogP contribution is 3.14. The van der Waals surface area contributed by atoms with E-state index in [4.69, 9.17) is 0 Å². The normalized spacial score (nSPS) is 85.5. The van der Waals surface area contributed by atoms with Gasteiger partial charge in [0.15, 0.2) is 0 Å². The SMILES string of the molecule is C[Si](C)(C)C12C3C4C1C1C2C3C41C#CC#CC12C3C4C5C3C1C5C42. The third-order valence-corrected chi connectivity index (χ3v) is 16.6. The maximum absolute atomic E-state index is 3.79. The molecule has 0 amide bonds. The van der Waals surface area contributed by atoms with E-state index in [2.05, 4.69) is 43.3 Å². The first-order chi connectivity index (χ1) is 11.6. The second-order valence-electron chi connectivity index (χ2n) is 12.6. The van der Waals surface area contributed by atoms with Gasteiger partial charge in [0.05, 0.1) is 8.07 Å². The van der Waals surface area contributed by atoms with Crippen LogP contribution in [0.2, 0.25) is 24.7 Å². The van der Waals surface area contributed by atoms with Crippen molar-refractivity contribution in [2.24, 2.45) is 87.8 Å². The van der Waals surface area contributed by atoms with E-state index in [0.29, 0.717) is 10.8 Å². The largest absolute Gasteiger partial charge is 0.0813 e. The van der Waals surface area contributed by atoms with Crippen molar-refractivity contribution in [3.63, 3.8) is 0 Å². The van der Waals surface area contributed by atoms with Crippen molar-refractivity contribution in [3.8, 4) is 23.7 Å². The molecule has 0 aromatic heterocycles. The molecule has 1 heteroatoms. The van der Waals surface area contributed by atoms with Gasteiger partial charge in [-0.1, -0.05) is 31.5 Å². The van der Waals surface area contributed by atoms with Crippen molar-refractivity contribution in [1.82, 2.24) is 0 Å². The van der Waals surface area contributed by atoms with Gasteiger partial charge in [-0.05, 0) is 93.8 Å². The van der Waals surface area contributed by atoms with Crippen LogP contribution in [-0.4, -0.2) is 8.07 Å². The van der Waals surface area contributed by atoms with Crippen molar-refractivity contribution >= 4 is 8.07 Å². The van der Waals surface area contributed by atoms with Crippen LogP contribution in [0.5, 0.6) is 0 Å². The fourth-order valence-corrected chi connectivity index (χ4v) is 17.3. The Morgan fingerprint density at radius 3 is 1.38 bits per heavy atom. The minimum absolute atomic E-state index is 0.530. The first-order valence-electron chi connectivity index (χ1n) is 10.6.